The Kier molecular flexibility index (Phi) is 6.52. The van der Waals surface area contributed by atoms with E-state index in [1.807, 2.05) is 6.92 Å². The first-order valence-corrected chi connectivity index (χ1v) is 6.67. The van der Waals surface area contributed by atoms with Crippen molar-refractivity contribution in [2.75, 3.05) is 32.8 Å². The van der Waals surface area contributed by atoms with Crippen LogP contribution in [0.1, 0.15) is 27.2 Å². The molecule has 1 unspecified atom stereocenters. The predicted molar refractivity (Wildman–Crippen MR) is 68.8 cm³/mol. The van der Waals surface area contributed by atoms with Crippen LogP contribution in [0.5, 0.6) is 0 Å². The molecule has 0 radical (unpaired) electrons. The fraction of sp³-hybridized carbons (Fsp3) is 0.923. The highest BCUT2D eigenvalue weighted by Gasteiger charge is 2.28. The van der Waals surface area contributed by atoms with Gasteiger partial charge in [-0.2, -0.15) is 0 Å². The smallest absolute Gasteiger partial charge is 0.223 e. The summed E-state index contributed by atoms with van der Waals surface area (Å²) in [6, 6.07) is 0. The van der Waals surface area contributed by atoms with Crippen molar-refractivity contribution < 1.29 is 9.53 Å². The van der Waals surface area contributed by atoms with E-state index in [0.717, 1.165) is 26.1 Å². The van der Waals surface area contributed by atoms with Gasteiger partial charge in [0, 0.05) is 19.1 Å². The maximum absolute atomic E-state index is 11.7. The Hall–Kier alpha value is -0.610. The maximum Gasteiger partial charge on any atom is 0.223 e. The molecule has 1 saturated heterocycles. The van der Waals surface area contributed by atoms with Gasteiger partial charge in [-0.25, -0.2) is 0 Å². The molecule has 1 fully saturated rings. The zero-order valence-electron chi connectivity index (χ0n) is 11.3. The summed E-state index contributed by atoms with van der Waals surface area (Å²) in [4.78, 5) is 11.7. The van der Waals surface area contributed by atoms with Gasteiger partial charge >= 0.3 is 0 Å². The molecule has 0 bridgehead atoms. The fourth-order valence-electron chi connectivity index (χ4n) is 1.71. The standard InChI is InChI=1S/C13H26N2O2/c1-10(2)4-6-17-7-5-15-13(16)11(3)12-8-14-9-12/h10-12,14H,4-9H2,1-3H3,(H,15,16). The quantitative estimate of drug-likeness (QED) is 0.625. The van der Waals surface area contributed by atoms with Crippen LogP contribution in [0.4, 0.5) is 0 Å². The van der Waals surface area contributed by atoms with E-state index in [0.29, 0.717) is 25.0 Å². The van der Waals surface area contributed by atoms with Crippen molar-refractivity contribution in [1.29, 1.82) is 0 Å². The van der Waals surface area contributed by atoms with Gasteiger partial charge < -0.3 is 15.4 Å². The highest BCUT2D eigenvalue weighted by atomic mass is 16.5. The van der Waals surface area contributed by atoms with E-state index in [1.54, 1.807) is 0 Å². The first-order valence-electron chi connectivity index (χ1n) is 6.67. The van der Waals surface area contributed by atoms with Crippen LogP contribution in [0.2, 0.25) is 0 Å². The van der Waals surface area contributed by atoms with E-state index in [2.05, 4.69) is 24.5 Å². The number of hydrogen-bond acceptors (Lipinski definition) is 3. The van der Waals surface area contributed by atoms with Gasteiger partial charge in [-0.05, 0) is 31.3 Å². The molecular weight excluding hydrogens is 216 g/mol. The average molecular weight is 242 g/mol. The van der Waals surface area contributed by atoms with Crippen molar-refractivity contribution in [2.45, 2.75) is 27.2 Å². The number of carbonyl (C=O) groups excluding carboxylic acids is 1. The summed E-state index contributed by atoms with van der Waals surface area (Å²) in [6.45, 7) is 10.3. The lowest BCUT2D eigenvalue weighted by Crippen LogP contribution is -2.49. The van der Waals surface area contributed by atoms with Gasteiger partial charge in [0.25, 0.3) is 0 Å². The first kappa shape index (κ1) is 14.5. The second-order valence-electron chi connectivity index (χ2n) is 5.29. The topological polar surface area (TPSA) is 50.4 Å². The van der Waals surface area contributed by atoms with Crippen molar-refractivity contribution in [3.05, 3.63) is 0 Å². The highest BCUT2D eigenvalue weighted by Crippen LogP contribution is 2.15. The van der Waals surface area contributed by atoms with E-state index >= 15 is 0 Å². The van der Waals surface area contributed by atoms with Crippen LogP contribution >= 0.6 is 0 Å². The van der Waals surface area contributed by atoms with E-state index in [1.165, 1.54) is 0 Å². The van der Waals surface area contributed by atoms with Crippen LogP contribution in [0.15, 0.2) is 0 Å². The van der Waals surface area contributed by atoms with E-state index in [-0.39, 0.29) is 11.8 Å². The molecule has 1 aliphatic rings. The SMILES string of the molecule is CC(C)CCOCCNC(=O)C(C)C1CNC1. The normalized spacial score (nSPS) is 17.9. The van der Waals surface area contributed by atoms with E-state index in [4.69, 9.17) is 4.74 Å². The summed E-state index contributed by atoms with van der Waals surface area (Å²) in [5.41, 5.74) is 0. The lowest BCUT2D eigenvalue weighted by molar-refractivity contribution is -0.126. The Balaban J connectivity index is 1.96. The Labute approximate surface area is 104 Å². The molecule has 1 atom stereocenters. The molecule has 0 aromatic heterocycles. The van der Waals surface area contributed by atoms with Crippen LogP contribution < -0.4 is 10.6 Å². The third-order valence-corrected chi connectivity index (χ3v) is 3.32. The lowest BCUT2D eigenvalue weighted by Gasteiger charge is -2.31. The highest BCUT2D eigenvalue weighted by molar-refractivity contribution is 5.78. The summed E-state index contributed by atoms with van der Waals surface area (Å²) in [6.07, 6.45) is 1.08. The van der Waals surface area contributed by atoms with Crippen molar-refractivity contribution in [3.63, 3.8) is 0 Å². The van der Waals surface area contributed by atoms with Gasteiger partial charge in [0.1, 0.15) is 0 Å². The van der Waals surface area contributed by atoms with Gasteiger partial charge in [-0.3, -0.25) is 4.79 Å². The average Bonchev–Trinajstić information content (AvgIpc) is 2.19. The Morgan fingerprint density at radius 1 is 1.35 bits per heavy atom. The second kappa shape index (κ2) is 7.67. The molecule has 0 saturated carbocycles. The summed E-state index contributed by atoms with van der Waals surface area (Å²) in [7, 11) is 0. The van der Waals surface area contributed by atoms with Crippen molar-refractivity contribution in [3.8, 4) is 0 Å². The van der Waals surface area contributed by atoms with Gasteiger partial charge in [0.15, 0.2) is 0 Å². The molecule has 1 aliphatic heterocycles. The van der Waals surface area contributed by atoms with Gasteiger partial charge in [-0.15, -0.1) is 0 Å². The largest absolute Gasteiger partial charge is 0.380 e. The minimum absolute atomic E-state index is 0.118. The van der Waals surface area contributed by atoms with E-state index in [9.17, 15) is 4.79 Å². The van der Waals surface area contributed by atoms with Gasteiger partial charge in [-0.1, -0.05) is 20.8 Å². The second-order valence-corrected chi connectivity index (χ2v) is 5.29. The Morgan fingerprint density at radius 3 is 2.59 bits per heavy atom. The molecule has 4 heteroatoms. The fourth-order valence-corrected chi connectivity index (χ4v) is 1.71. The summed E-state index contributed by atoms with van der Waals surface area (Å²) in [5.74, 6) is 1.46. The van der Waals surface area contributed by atoms with E-state index < -0.39 is 0 Å². The molecule has 17 heavy (non-hydrogen) atoms. The lowest BCUT2D eigenvalue weighted by atomic mass is 9.88. The monoisotopic (exact) mass is 242 g/mol. The third-order valence-electron chi connectivity index (χ3n) is 3.32. The van der Waals surface area contributed by atoms with Crippen LogP contribution in [0.25, 0.3) is 0 Å². The predicted octanol–water partition coefficient (Wildman–Crippen LogP) is 1.02. The number of ether oxygens (including phenoxy) is 1. The first-order chi connectivity index (χ1) is 8.11. The third kappa shape index (κ3) is 5.50. The number of carbonyl (C=O) groups is 1. The molecule has 1 heterocycles. The molecule has 4 nitrogen and oxygen atoms in total. The molecule has 0 aromatic rings. The minimum Gasteiger partial charge on any atom is -0.380 e. The van der Waals surface area contributed by atoms with Crippen LogP contribution in [-0.4, -0.2) is 38.8 Å². The Bertz CT molecular complexity index is 227. The zero-order valence-corrected chi connectivity index (χ0v) is 11.3. The van der Waals surface area contributed by atoms with Crippen LogP contribution in [-0.2, 0) is 9.53 Å². The summed E-state index contributed by atoms with van der Waals surface area (Å²) in [5, 5.41) is 6.11. The molecule has 0 aliphatic carbocycles. The number of amides is 1. The maximum atomic E-state index is 11.7. The zero-order chi connectivity index (χ0) is 12.7. The molecule has 0 spiro atoms. The van der Waals surface area contributed by atoms with Crippen molar-refractivity contribution in [1.82, 2.24) is 10.6 Å². The van der Waals surface area contributed by atoms with Gasteiger partial charge in [0.2, 0.25) is 5.91 Å². The van der Waals surface area contributed by atoms with Gasteiger partial charge in [0.05, 0.1) is 6.61 Å². The number of hydrogen-bond donors (Lipinski definition) is 2. The molecule has 100 valence electrons. The van der Waals surface area contributed by atoms with Crippen molar-refractivity contribution >= 4 is 5.91 Å². The summed E-state index contributed by atoms with van der Waals surface area (Å²) >= 11 is 0. The number of rotatable bonds is 8. The van der Waals surface area contributed by atoms with Crippen LogP contribution in [0.3, 0.4) is 0 Å². The van der Waals surface area contributed by atoms with Crippen LogP contribution in [0, 0.1) is 17.8 Å². The Morgan fingerprint density at radius 2 is 2.06 bits per heavy atom. The molecule has 2 N–H and O–H groups in total. The van der Waals surface area contributed by atoms with Crippen molar-refractivity contribution in [2.24, 2.45) is 17.8 Å². The summed E-state index contributed by atoms with van der Waals surface area (Å²) < 4.78 is 5.45. The molecule has 0 aromatic carbocycles. The molecular formula is C13H26N2O2. The minimum atomic E-state index is 0.118. The molecule has 1 amide bonds. The number of nitrogens with one attached hydrogen (secondary N) is 2. The molecule has 1 rings (SSSR count).